The molecule has 0 aromatic carbocycles. The van der Waals surface area contributed by atoms with Crippen LogP contribution in [0.3, 0.4) is 0 Å². The molecule has 0 spiro atoms. The Bertz CT molecular complexity index is 2330. The Morgan fingerprint density at radius 1 is 0.211 bits per heavy atom. The zero-order valence-electron chi connectivity index (χ0n) is 64.5. The van der Waals surface area contributed by atoms with Crippen LogP contribution < -0.4 is 62.4 Å². The number of hydrogen-bond acceptors (Lipinski definition) is 9. The standard InChI is InChI=1S/3C16H36N4P2Se2.3C3H8N2O/c3*1-13(2,3)17-21(23)19(15(7,8)9)22(24,18-14(4,5)6)20(21)16(10,11)12;3*1-4-3(6)5-2/h3*1-12H3;3*1-2H3,(H2,4,5,6)/q3*-2;;;/p+6. The molecule has 540 valence electrons. The van der Waals surface area contributed by atoms with Crippen LogP contribution in [-0.2, 0) is 0 Å². The topological polar surface area (TPSA) is 214 Å². The minimum absolute atomic E-state index is 0.0407. The van der Waals surface area contributed by atoms with Gasteiger partial charge < -0.3 is 31.9 Å². The summed E-state index contributed by atoms with van der Waals surface area (Å²) in [4.78, 5) is 29.9. The molecular formula is C57H138N18O3P6Se6. The van der Waals surface area contributed by atoms with Gasteiger partial charge in [0.25, 0.3) is 0 Å². The van der Waals surface area contributed by atoms with Crippen LogP contribution in [0.15, 0.2) is 0 Å². The number of rotatable bonds is 6. The van der Waals surface area contributed by atoms with Crippen molar-refractivity contribution in [1.82, 2.24) is 62.4 Å². The summed E-state index contributed by atoms with van der Waals surface area (Å²) in [6, 6.07) is -11.2. The van der Waals surface area contributed by atoms with Gasteiger partial charge >= 0.3 is 519 Å². The molecule has 3 aliphatic heterocycles. The van der Waals surface area contributed by atoms with Gasteiger partial charge in [0.05, 0.1) is 0 Å². The van der Waals surface area contributed by atoms with Gasteiger partial charge in [-0.2, -0.15) is 0 Å². The van der Waals surface area contributed by atoms with Gasteiger partial charge in [-0.25, -0.2) is 14.4 Å². The number of nitrogens with zero attached hydrogens (tertiary/aromatic N) is 6. The quantitative estimate of drug-likeness (QED) is 0.0899. The summed E-state index contributed by atoms with van der Waals surface area (Å²) in [7, 11) is 9.41. The van der Waals surface area contributed by atoms with E-state index in [1.54, 1.807) is 42.3 Å². The summed E-state index contributed by atoms with van der Waals surface area (Å²) < 4.78 is 16.2. The molecule has 0 aromatic heterocycles. The summed E-state index contributed by atoms with van der Waals surface area (Å²) in [5.74, 6) is 0. The monoisotopic (exact) mass is 1790 g/mol. The number of hydrogen-bond donors (Lipinski definition) is 12. The average Bonchev–Trinajstić information content (AvgIpc) is 0.691. The summed E-state index contributed by atoms with van der Waals surface area (Å²) in [5.41, 5.74) is 0.555. The first-order valence-electron chi connectivity index (χ1n) is 30.8. The van der Waals surface area contributed by atoms with Gasteiger partial charge in [0.2, 0.25) is 0 Å². The summed E-state index contributed by atoms with van der Waals surface area (Å²) in [6.07, 6.45) is 0. The van der Waals surface area contributed by atoms with Gasteiger partial charge in [-0.15, -0.1) is 0 Å². The molecule has 0 radical (unpaired) electrons. The molecule has 0 atom stereocenters. The number of urea groups is 3. The first-order valence-corrected chi connectivity index (χ1v) is 54.3. The second kappa shape index (κ2) is 33.2. The van der Waals surface area contributed by atoms with Crippen LogP contribution in [0.1, 0.15) is 249 Å². The van der Waals surface area contributed by atoms with Crippen molar-refractivity contribution >= 4 is 148 Å². The Kier molecular flexibility index (Phi) is 35.6. The molecule has 0 saturated carbocycles. The fourth-order valence-electron chi connectivity index (χ4n) is 9.82. The summed E-state index contributed by atoms with van der Waals surface area (Å²) >= 11 is 21.7. The fraction of sp³-hybridized carbons (Fsp3) is 0.947. The number of nitrogens with one attached hydrogen (secondary N) is 12. The number of amides is 6. The van der Waals surface area contributed by atoms with Crippen LogP contribution in [0.25, 0.3) is 0 Å². The smallest absolute Gasteiger partial charge is 0.314 e. The molecule has 3 aliphatic rings. The number of carbonyl (C=O) groups excluding carboxylic acids is 3. The van der Waals surface area contributed by atoms with Crippen LogP contribution in [-0.4, -0.2) is 245 Å². The zero-order chi connectivity index (χ0) is 73.7. The molecule has 12 N–H and O–H groups in total. The van der Waals surface area contributed by atoms with E-state index in [2.05, 4.69) is 430 Å². The van der Waals surface area contributed by atoms with Crippen molar-refractivity contribution < 1.29 is 39.0 Å². The molecule has 3 heterocycles. The predicted molar refractivity (Wildman–Crippen MR) is 404 cm³/mol. The van der Waals surface area contributed by atoms with E-state index in [9.17, 15) is 14.4 Å². The second-order valence-electron chi connectivity index (χ2n) is 34.7. The maximum Gasteiger partial charge on any atom is 0.314 e. The molecule has 90 heavy (non-hydrogen) atoms. The second-order valence-corrected chi connectivity index (χ2v) is 68.5. The van der Waals surface area contributed by atoms with Crippen LogP contribution in [0.4, 0.5) is 14.4 Å². The number of carbonyl (C=O) groups is 3. The van der Waals surface area contributed by atoms with Crippen molar-refractivity contribution in [2.24, 2.45) is 0 Å². The molecule has 0 bridgehead atoms. The molecule has 33 heteroatoms. The molecule has 0 aliphatic carbocycles. The Labute approximate surface area is 601 Å². The van der Waals surface area contributed by atoms with Crippen molar-refractivity contribution in [2.45, 2.75) is 316 Å². The van der Waals surface area contributed by atoms with Crippen molar-refractivity contribution in [1.29, 1.82) is 0 Å². The van der Waals surface area contributed by atoms with Crippen molar-refractivity contribution in [3.63, 3.8) is 0 Å². The van der Waals surface area contributed by atoms with Crippen LogP contribution in [0, 0.1) is 0 Å². The molecule has 6 amide bonds. The Hall–Kier alpha value is 2.07. The van der Waals surface area contributed by atoms with E-state index in [0.29, 0.717) is 0 Å². The van der Waals surface area contributed by atoms with Gasteiger partial charge in [-0.05, 0) is 0 Å². The van der Waals surface area contributed by atoms with Gasteiger partial charge in [0.15, 0.2) is 0 Å². The third-order valence-electron chi connectivity index (χ3n) is 10.9. The normalized spacial score (nSPS) is 25.2. The molecule has 0 saturated heterocycles. The average molecular weight is 1780 g/mol. The Morgan fingerprint density at radius 2 is 0.289 bits per heavy atom. The summed E-state index contributed by atoms with van der Waals surface area (Å²) in [5, 5.41) is 38.0. The van der Waals surface area contributed by atoms with E-state index >= 15 is 0 Å². The van der Waals surface area contributed by atoms with Gasteiger partial charge in [0.1, 0.15) is 0 Å². The van der Waals surface area contributed by atoms with Gasteiger partial charge in [0, 0.05) is 42.3 Å². The predicted octanol–water partition coefficient (Wildman–Crippen LogP) is 12.5. The van der Waals surface area contributed by atoms with E-state index in [4.69, 9.17) is 0 Å². The van der Waals surface area contributed by atoms with Crippen LogP contribution in [0.5, 0.6) is 0 Å². The molecule has 0 fully saturated rings. The fourth-order valence-corrected chi connectivity index (χ4v) is 103. The van der Waals surface area contributed by atoms with E-state index in [0.717, 1.165) is 0 Å². The minimum Gasteiger partial charge on any atom is -0.341 e. The van der Waals surface area contributed by atoms with Crippen molar-refractivity contribution in [2.75, 3.05) is 42.3 Å². The minimum atomic E-state index is -1.79. The van der Waals surface area contributed by atoms with Crippen molar-refractivity contribution in [3.05, 3.63) is 0 Å². The molecule has 0 aromatic rings. The van der Waals surface area contributed by atoms with Crippen LogP contribution >= 0.6 is 36.3 Å². The van der Waals surface area contributed by atoms with Gasteiger partial charge in [-0.1, -0.05) is 0 Å². The SMILES string of the molecule is CC(C)(C)NP1([Se-])=[N+](C(C)(C)C)P([Se-])(NC(C)(C)C)=[N+]1C(C)(C)C.CC(C)(C)NP1([Se-])=[N+](C(C)(C)C)P([Se-])(NC(C)(C)C)=[N+]1C(C)(C)C.CC(C)(C)NP1([Se-])=[N+](C(C)(C)C)P([Se-])(NC(C)(C)C)=[N+]1C(C)(C)C.CNC(=O)NC.CNC(=O)NC.CNC(=O)NC. The van der Waals surface area contributed by atoms with E-state index in [-0.39, 0.29) is 84.6 Å². The van der Waals surface area contributed by atoms with Crippen molar-refractivity contribution in [3.8, 4) is 0 Å². The third-order valence-corrected chi connectivity index (χ3v) is 65.0. The van der Waals surface area contributed by atoms with E-state index in [1.807, 2.05) is 0 Å². The first kappa shape index (κ1) is 96.2. The third kappa shape index (κ3) is 28.6. The molecule has 0 unspecified atom stereocenters. The zero-order valence-corrected chi connectivity index (χ0v) is 80.2. The summed E-state index contributed by atoms with van der Waals surface area (Å²) in [6.45, 7) is 82.3. The van der Waals surface area contributed by atoms with Crippen LogP contribution in [0.2, 0.25) is 0 Å². The van der Waals surface area contributed by atoms with E-state index < -0.39 is 36.3 Å². The Morgan fingerprint density at radius 3 is 0.322 bits per heavy atom. The molecule has 21 nitrogen and oxygen atoms in total. The largest absolute Gasteiger partial charge is 0.341 e. The maximum atomic E-state index is 9.96. The van der Waals surface area contributed by atoms with E-state index in [1.165, 1.54) is 0 Å². The molecular weight excluding hydrogens is 1640 g/mol. The first-order chi connectivity index (χ1) is 38.9. The van der Waals surface area contributed by atoms with Gasteiger partial charge in [-0.3, -0.25) is 0 Å². The molecule has 3 rings (SSSR count). The Balaban J connectivity index is -0.00000110. The maximum absolute atomic E-state index is 9.96.